The van der Waals surface area contributed by atoms with Gasteiger partial charge in [0.1, 0.15) is 10.3 Å². The highest BCUT2D eigenvalue weighted by atomic mass is 127. The van der Waals surface area contributed by atoms with E-state index in [-0.39, 0.29) is 0 Å². The van der Waals surface area contributed by atoms with Crippen LogP contribution in [0.25, 0.3) is 16.8 Å². The topological polar surface area (TPSA) is 30.2 Å². The molecule has 20 heavy (non-hydrogen) atoms. The number of aryl methyl sites for hydroxylation is 2. The number of hydrogen-bond acceptors (Lipinski definition) is 2. The van der Waals surface area contributed by atoms with Crippen LogP contribution >= 0.6 is 45.8 Å². The second kappa shape index (κ2) is 5.16. The van der Waals surface area contributed by atoms with Gasteiger partial charge >= 0.3 is 0 Å². The van der Waals surface area contributed by atoms with E-state index in [1.54, 1.807) is 4.52 Å². The number of nitrogens with zero attached hydrogens (tertiary/aromatic N) is 3. The standard InChI is InChI=1S/C14H10Cl2IN3/c1-7-3-5-9(6-4-7)10-12(15)18-14-11(17)8(2)19-20(14)13(10)16/h3-6H,1-2H3. The maximum absolute atomic E-state index is 6.48. The van der Waals surface area contributed by atoms with Crippen LogP contribution in [0.1, 0.15) is 11.3 Å². The van der Waals surface area contributed by atoms with Gasteiger partial charge in [0.25, 0.3) is 0 Å². The molecule has 0 amide bonds. The summed E-state index contributed by atoms with van der Waals surface area (Å²) in [6.07, 6.45) is 0. The fourth-order valence-corrected chi connectivity index (χ4v) is 3.13. The average Bonchev–Trinajstić information content (AvgIpc) is 2.69. The molecule has 3 nitrogen and oxygen atoms in total. The van der Waals surface area contributed by atoms with Crippen molar-refractivity contribution in [1.82, 2.24) is 14.6 Å². The van der Waals surface area contributed by atoms with Gasteiger partial charge in [-0.3, -0.25) is 0 Å². The first-order valence-corrected chi connectivity index (χ1v) is 7.79. The van der Waals surface area contributed by atoms with Gasteiger partial charge in [0, 0.05) is 0 Å². The summed E-state index contributed by atoms with van der Waals surface area (Å²) in [5.74, 6) is 0. The first-order chi connectivity index (χ1) is 9.49. The van der Waals surface area contributed by atoms with Crippen molar-refractivity contribution in [3.63, 3.8) is 0 Å². The van der Waals surface area contributed by atoms with Crippen LogP contribution in [0, 0.1) is 17.4 Å². The lowest BCUT2D eigenvalue weighted by atomic mass is 10.1. The van der Waals surface area contributed by atoms with Gasteiger partial charge in [0.2, 0.25) is 0 Å². The lowest BCUT2D eigenvalue weighted by molar-refractivity contribution is 0.919. The molecular weight excluding hydrogens is 408 g/mol. The molecule has 0 unspecified atom stereocenters. The molecule has 6 heteroatoms. The monoisotopic (exact) mass is 417 g/mol. The Balaban J connectivity index is 2.34. The van der Waals surface area contributed by atoms with Crippen LogP contribution in [0.5, 0.6) is 0 Å². The molecule has 102 valence electrons. The summed E-state index contributed by atoms with van der Waals surface area (Å²) >= 11 is 15.0. The van der Waals surface area contributed by atoms with Gasteiger partial charge in [-0.05, 0) is 42.0 Å². The molecule has 0 bridgehead atoms. The van der Waals surface area contributed by atoms with Crippen molar-refractivity contribution in [2.24, 2.45) is 0 Å². The zero-order valence-corrected chi connectivity index (χ0v) is 14.5. The molecule has 3 aromatic rings. The van der Waals surface area contributed by atoms with Gasteiger partial charge in [-0.25, -0.2) is 9.50 Å². The molecule has 0 atom stereocenters. The Morgan fingerprint density at radius 2 is 1.75 bits per heavy atom. The smallest absolute Gasteiger partial charge is 0.172 e. The molecule has 0 spiro atoms. The Hall–Kier alpha value is -0.850. The zero-order chi connectivity index (χ0) is 14.4. The SMILES string of the molecule is Cc1ccc(-c2c(Cl)nc3c(I)c(C)nn3c2Cl)cc1. The first-order valence-electron chi connectivity index (χ1n) is 5.96. The van der Waals surface area contributed by atoms with Crippen LogP contribution in [-0.2, 0) is 0 Å². The maximum atomic E-state index is 6.48. The van der Waals surface area contributed by atoms with E-state index >= 15 is 0 Å². The second-order valence-corrected chi connectivity index (χ2v) is 6.36. The Morgan fingerprint density at radius 3 is 2.40 bits per heavy atom. The summed E-state index contributed by atoms with van der Waals surface area (Å²) in [5.41, 5.74) is 4.40. The minimum absolute atomic E-state index is 0.393. The summed E-state index contributed by atoms with van der Waals surface area (Å²) in [5, 5.41) is 5.29. The molecule has 0 aliphatic carbocycles. The van der Waals surface area contributed by atoms with E-state index in [2.05, 4.69) is 32.7 Å². The summed E-state index contributed by atoms with van der Waals surface area (Å²) in [7, 11) is 0. The molecule has 1 aromatic carbocycles. The minimum Gasteiger partial charge on any atom is -0.215 e. The molecule has 0 radical (unpaired) electrons. The highest BCUT2D eigenvalue weighted by Gasteiger charge is 2.18. The van der Waals surface area contributed by atoms with E-state index in [4.69, 9.17) is 23.2 Å². The average molecular weight is 418 g/mol. The second-order valence-electron chi connectivity index (χ2n) is 4.57. The van der Waals surface area contributed by atoms with Gasteiger partial charge in [-0.1, -0.05) is 53.0 Å². The zero-order valence-electron chi connectivity index (χ0n) is 10.8. The lowest BCUT2D eigenvalue weighted by Gasteiger charge is -2.08. The summed E-state index contributed by atoms with van der Waals surface area (Å²) in [4.78, 5) is 4.43. The van der Waals surface area contributed by atoms with Crippen molar-refractivity contribution in [1.29, 1.82) is 0 Å². The largest absolute Gasteiger partial charge is 0.215 e. The van der Waals surface area contributed by atoms with Crippen LogP contribution in [0.2, 0.25) is 10.3 Å². The Morgan fingerprint density at radius 1 is 1.10 bits per heavy atom. The Bertz CT molecular complexity index is 810. The molecular formula is C14H10Cl2IN3. The molecule has 0 saturated heterocycles. The maximum Gasteiger partial charge on any atom is 0.172 e. The normalized spacial score (nSPS) is 11.2. The molecule has 0 aliphatic heterocycles. The van der Waals surface area contributed by atoms with E-state index in [1.807, 2.05) is 38.1 Å². The summed E-state index contributed by atoms with van der Waals surface area (Å²) < 4.78 is 2.60. The highest BCUT2D eigenvalue weighted by molar-refractivity contribution is 14.1. The number of rotatable bonds is 1. The van der Waals surface area contributed by atoms with Gasteiger partial charge in [0.05, 0.1) is 14.8 Å². The number of fused-ring (bicyclic) bond motifs is 1. The first kappa shape index (κ1) is 14.1. The van der Waals surface area contributed by atoms with Crippen LogP contribution in [-0.4, -0.2) is 14.6 Å². The van der Waals surface area contributed by atoms with Crippen LogP contribution < -0.4 is 0 Å². The predicted octanol–water partition coefficient (Wildman–Crippen LogP) is 4.92. The molecule has 0 fully saturated rings. The van der Waals surface area contributed by atoms with Crippen molar-refractivity contribution < 1.29 is 0 Å². The number of halogens is 3. The van der Waals surface area contributed by atoms with Crippen molar-refractivity contribution in [3.05, 3.63) is 49.4 Å². The van der Waals surface area contributed by atoms with Gasteiger partial charge < -0.3 is 0 Å². The fraction of sp³-hybridized carbons (Fsp3) is 0.143. The van der Waals surface area contributed by atoms with E-state index in [0.29, 0.717) is 21.5 Å². The molecule has 2 aromatic heterocycles. The Kier molecular flexibility index (Phi) is 3.64. The number of aromatic nitrogens is 3. The van der Waals surface area contributed by atoms with Crippen LogP contribution in [0.15, 0.2) is 24.3 Å². The molecule has 3 rings (SSSR count). The summed E-state index contributed by atoms with van der Waals surface area (Å²) in [6, 6.07) is 8.00. The van der Waals surface area contributed by atoms with Crippen molar-refractivity contribution in [2.75, 3.05) is 0 Å². The summed E-state index contributed by atoms with van der Waals surface area (Å²) in [6.45, 7) is 3.96. The van der Waals surface area contributed by atoms with Gasteiger partial charge in [-0.15, -0.1) is 0 Å². The number of benzene rings is 1. The van der Waals surface area contributed by atoms with Crippen molar-refractivity contribution in [2.45, 2.75) is 13.8 Å². The van der Waals surface area contributed by atoms with Gasteiger partial charge in [0.15, 0.2) is 5.65 Å². The van der Waals surface area contributed by atoms with Crippen LogP contribution in [0.3, 0.4) is 0 Å². The lowest BCUT2D eigenvalue weighted by Crippen LogP contribution is -1.97. The number of hydrogen-bond donors (Lipinski definition) is 0. The van der Waals surface area contributed by atoms with E-state index in [1.165, 1.54) is 5.56 Å². The van der Waals surface area contributed by atoms with E-state index < -0.39 is 0 Å². The quantitative estimate of drug-likeness (QED) is 0.415. The third kappa shape index (κ3) is 2.19. The molecule has 2 heterocycles. The molecule has 0 N–H and O–H groups in total. The third-order valence-electron chi connectivity index (χ3n) is 3.11. The van der Waals surface area contributed by atoms with E-state index in [9.17, 15) is 0 Å². The van der Waals surface area contributed by atoms with Gasteiger partial charge in [-0.2, -0.15) is 5.10 Å². The molecule has 0 aliphatic rings. The van der Waals surface area contributed by atoms with E-state index in [0.717, 1.165) is 14.8 Å². The molecule has 0 saturated carbocycles. The third-order valence-corrected chi connectivity index (χ3v) is 4.99. The Labute approximate surface area is 140 Å². The predicted molar refractivity (Wildman–Crippen MR) is 90.6 cm³/mol. The van der Waals surface area contributed by atoms with Crippen LogP contribution in [0.4, 0.5) is 0 Å². The fourth-order valence-electron chi connectivity index (χ4n) is 2.03. The minimum atomic E-state index is 0.393. The van der Waals surface area contributed by atoms with Crippen molar-refractivity contribution in [3.8, 4) is 11.1 Å². The highest BCUT2D eigenvalue weighted by Crippen LogP contribution is 2.35. The van der Waals surface area contributed by atoms with Crippen molar-refractivity contribution >= 4 is 51.4 Å².